The van der Waals surface area contributed by atoms with Gasteiger partial charge in [-0.15, -0.1) is 10.2 Å². The second-order valence-corrected chi connectivity index (χ2v) is 6.19. The molecule has 9 nitrogen and oxygen atoms in total. The van der Waals surface area contributed by atoms with Crippen LogP contribution in [0.4, 0.5) is 10.5 Å². The minimum atomic E-state index is -0.370. The van der Waals surface area contributed by atoms with E-state index in [1.54, 1.807) is 31.3 Å². The molecule has 0 radical (unpaired) electrons. The zero-order valence-corrected chi connectivity index (χ0v) is 15.7. The molecule has 0 aliphatic carbocycles. The molecule has 9 heteroatoms. The van der Waals surface area contributed by atoms with E-state index in [9.17, 15) is 4.79 Å². The number of hydrogen-bond donors (Lipinski definition) is 2. The number of aromatic nitrogens is 4. The third-order valence-corrected chi connectivity index (χ3v) is 3.93. The molecule has 0 saturated heterocycles. The lowest BCUT2D eigenvalue weighted by Gasteiger charge is -2.14. The first-order chi connectivity index (χ1) is 13.0. The topological polar surface area (TPSA) is 107 Å². The first-order valence-corrected chi connectivity index (χ1v) is 8.53. The zero-order valence-electron chi connectivity index (χ0n) is 15.7. The van der Waals surface area contributed by atoms with Gasteiger partial charge in [-0.05, 0) is 32.0 Å². The van der Waals surface area contributed by atoms with Crippen molar-refractivity contribution in [1.82, 2.24) is 25.1 Å². The van der Waals surface area contributed by atoms with Gasteiger partial charge in [-0.3, -0.25) is 0 Å². The fourth-order valence-electron chi connectivity index (χ4n) is 2.63. The Morgan fingerprint density at radius 1 is 1.33 bits per heavy atom. The van der Waals surface area contributed by atoms with Crippen molar-refractivity contribution in [3.05, 3.63) is 42.3 Å². The summed E-state index contributed by atoms with van der Waals surface area (Å²) in [5, 5.41) is 13.4. The fraction of sp³-hybridized carbons (Fsp3) is 0.333. The molecule has 142 valence electrons. The van der Waals surface area contributed by atoms with Crippen LogP contribution in [-0.4, -0.2) is 32.9 Å². The maximum Gasteiger partial charge on any atom is 0.319 e. The summed E-state index contributed by atoms with van der Waals surface area (Å²) in [5.74, 6) is 2.14. The molecule has 0 bridgehead atoms. The van der Waals surface area contributed by atoms with Crippen molar-refractivity contribution < 1.29 is 13.9 Å². The molecule has 0 saturated carbocycles. The number of nitrogens with zero attached hydrogens (tertiary/aromatic N) is 4. The van der Waals surface area contributed by atoms with Gasteiger partial charge in [-0.25, -0.2) is 9.78 Å². The summed E-state index contributed by atoms with van der Waals surface area (Å²) in [5.41, 5.74) is 1.18. The largest absolute Gasteiger partial charge is 0.495 e. The summed E-state index contributed by atoms with van der Waals surface area (Å²) in [6, 6.07) is 5.14. The number of carbonyl (C=O) groups excluding carboxylic acids is 1. The molecule has 0 atom stereocenters. The van der Waals surface area contributed by atoms with Gasteiger partial charge >= 0.3 is 6.03 Å². The minimum Gasteiger partial charge on any atom is -0.495 e. The first kappa shape index (κ1) is 18.4. The Bertz CT molecular complexity index is 931. The molecule has 0 aliphatic rings. The number of aryl methyl sites for hydroxylation is 1. The van der Waals surface area contributed by atoms with Crippen LogP contribution in [0.25, 0.3) is 11.5 Å². The Morgan fingerprint density at radius 3 is 2.81 bits per heavy atom. The Morgan fingerprint density at radius 2 is 2.15 bits per heavy atom. The lowest BCUT2D eigenvalue weighted by atomic mass is 10.2. The zero-order chi connectivity index (χ0) is 19.4. The average molecular weight is 370 g/mol. The van der Waals surface area contributed by atoms with Crippen LogP contribution < -0.4 is 15.4 Å². The molecule has 0 fully saturated rings. The van der Waals surface area contributed by atoms with Crippen molar-refractivity contribution in [2.45, 2.75) is 33.4 Å². The summed E-state index contributed by atoms with van der Waals surface area (Å²) in [7, 11) is 1.54. The third kappa shape index (κ3) is 4.25. The molecular formula is C18H22N6O3. The van der Waals surface area contributed by atoms with Crippen molar-refractivity contribution in [2.75, 3.05) is 12.4 Å². The van der Waals surface area contributed by atoms with E-state index in [2.05, 4.69) is 39.7 Å². The highest BCUT2D eigenvalue weighted by atomic mass is 16.5. The van der Waals surface area contributed by atoms with Gasteiger partial charge in [0.25, 0.3) is 0 Å². The van der Waals surface area contributed by atoms with Crippen molar-refractivity contribution in [2.24, 2.45) is 0 Å². The summed E-state index contributed by atoms with van der Waals surface area (Å²) < 4.78 is 12.7. The van der Waals surface area contributed by atoms with Gasteiger partial charge in [0.2, 0.25) is 11.8 Å². The Kier molecular flexibility index (Phi) is 5.39. The SMILES string of the molecule is COc1ccc(-c2nnc(C)o2)cc1NC(=O)NCc1nccn1C(C)C. The van der Waals surface area contributed by atoms with Gasteiger partial charge in [0.05, 0.1) is 19.3 Å². The van der Waals surface area contributed by atoms with Gasteiger partial charge < -0.3 is 24.4 Å². The van der Waals surface area contributed by atoms with Crippen LogP contribution in [0.2, 0.25) is 0 Å². The first-order valence-electron chi connectivity index (χ1n) is 8.53. The molecule has 1 aromatic carbocycles. The molecule has 2 amide bonds. The fourth-order valence-corrected chi connectivity index (χ4v) is 2.63. The summed E-state index contributed by atoms with van der Waals surface area (Å²) in [4.78, 5) is 16.6. The number of amides is 2. The van der Waals surface area contributed by atoms with Crippen molar-refractivity contribution in [3.8, 4) is 17.2 Å². The van der Waals surface area contributed by atoms with Crippen LogP contribution in [-0.2, 0) is 6.54 Å². The molecular weight excluding hydrogens is 348 g/mol. The lowest BCUT2D eigenvalue weighted by molar-refractivity contribution is 0.251. The predicted molar refractivity (Wildman–Crippen MR) is 99.5 cm³/mol. The summed E-state index contributed by atoms with van der Waals surface area (Å²) in [6.07, 6.45) is 3.60. The molecule has 2 N–H and O–H groups in total. The van der Waals surface area contributed by atoms with Crippen LogP contribution in [0.1, 0.15) is 31.6 Å². The van der Waals surface area contributed by atoms with Crippen LogP contribution in [0.5, 0.6) is 5.75 Å². The van der Waals surface area contributed by atoms with Crippen molar-refractivity contribution >= 4 is 11.7 Å². The number of anilines is 1. The van der Waals surface area contributed by atoms with Crippen LogP contribution in [0.15, 0.2) is 35.0 Å². The van der Waals surface area contributed by atoms with Crippen LogP contribution in [0.3, 0.4) is 0 Å². The maximum atomic E-state index is 12.3. The quantitative estimate of drug-likeness (QED) is 0.690. The Hall–Kier alpha value is -3.36. The maximum absolute atomic E-state index is 12.3. The van der Waals surface area contributed by atoms with E-state index in [1.165, 1.54) is 7.11 Å². The van der Waals surface area contributed by atoms with Crippen molar-refractivity contribution in [1.29, 1.82) is 0 Å². The van der Waals surface area contributed by atoms with Gasteiger partial charge in [0, 0.05) is 30.9 Å². The van der Waals surface area contributed by atoms with Crippen molar-refractivity contribution in [3.63, 3.8) is 0 Å². The highest BCUT2D eigenvalue weighted by molar-refractivity contribution is 5.91. The highest BCUT2D eigenvalue weighted by Crippen LogP contribution is 2.30. The van der Waals surface area contributed by atoms with Crippen LogP contribution in [0, 0.1) is 6.92 Å². The average Bonchev–Trinajstić information content (AvgIpc) is 3.29. The molecule has 0 spiro atoms. The number of imidazole rings is 1. The predicted octanol–water partition coefficient (Wildman–Crippen LogP) is 3.15. The van der Waals surface area contributed by atoms with Gasteiger partial charge in [-0.1, -0.05) is 0 Å². The van der Waals surface area contributed by atoms with E-state index in [-0.39, 0.29) is 12.1 Å². The molecule has 0 unspecified atom stereocenters. The van der Waals surface area contributed by atoms with E-state index < -0.39 is 0 Å². The molecule has 2 heterocycles. The normalized spacial score (nSPS) is 10.9. The van der Waals surface area contributed by atoms with E-state index in [4.69, 9.17) is 9.15 Å². The number of urea groups is 1. The van der Waals surface area contributed by atoms with E-state index in [0.29, 0.717) is 35.3 Å². The van der Waals surface area contributed by atoms with E-state index in [0.717, 1.165) is 5.82 Å². The van der Waals surface area contributed by atoms with Crippen LogP contribution >= 0.6 is 0 Å². The lowest BCUT2D eigenvalue weighted by Crippen LogP contribution is -2.29. The van der Waals surface area contributed by atoms with E-state index in [1.807, 2.05) is 10.8 Å². The number of ether oxygens (including phenoxy) is 1. The van der Waals surface area contributed by atoms with Gasteiger partial charge in [0.1, 0.15) is 11.6 Å². The molecule has 27 heavy (non-hydrogen) atoms. The highest BCUT2D eigenvalue weighted by Gasteiger charge is 2.13. The number of nitrogens with one attached hydrogen (secondary N) is 2. The molecule has 0 aliphatic heterocycles. The molecule has 3 aromatic rings. The third-order valence-electron chi connectivity index (χ3n) is 3.93. The monoisotopic (exact) mass is 370 g/mol. The van der Waals surface area contributed by atoms with E-state index >= 15 is 0 Å². The van der Waals surface area contributed by atoms with Gasteiger partial charge in [-0.2, -0.15) is 0 Å². The molecule has 3 rings (SSSR count). The smallest absolute Gasteiger partial charge is 0.319 e. The number of hydrogen-bond acceptors (Lipinski definition) is 6. The molecule has 2 aromatic heterocycles. The second kappa shape index (κ2) is 7.90. The minimum absolute atomic E-state index is 0.266. The summed E-state index contributed by atoms with van der Waals surface area (Å²) >= 11 is 0. The Labute approximate surface area is 156 Å². The standard InChI is InChI=1S/C18H22N6O3/c1-11(2)24-8-7-19-16(24)10-20-18(25)21-14-9-13(5-6-15(14)26-4)17-23-22-12(3)27-17/h5-9,11H,10H2,1-4H3,(H2,20,21,25). The number of carbonyl (C=O) groups is 1. The summed E-state index contributed by atoms with van der Waals surface area (Å²) in [6.45, 7) is 6.14. The second-order valence-electron chi connectivity index (χ2n) is 6.19. The Balaban J connectivity index is 1.71. The number of benzene rings is 1. The van der Waals surface area contributed by atoms with Gasteiger partial charge in [0.15, 0.2) is 0 Å². The number of methoxy groups -OCH3 is 1. The number of rotatable bonds is 6.